The molecule has 0 heterocycles. The number of methoxy groups -OCH3 is 1. The number of benzene rings is 2. The van der Waals surface area contributed by atoms with Crippen LogP contribution in [0.4, 0.5) is 5.69 Å². The Morgan fingerprint density at radius 2 is 1.92 bits per heavy atom. The van der Waals surface area contributed by atoms with Crippen molar-refractivity contribution >= 4 is 29.3 Å². The van der Waals surface area contributed by atoms with Gasteiger partial charge >= 0.3 is 0 Å². The van der Waals surface area contributed by atoms with Gasteiger partial charge in [0.25, 0.3) is 5.91 Å². The third kappa shape index (κ3) is 5.01. The summed E-state index contributed by atoms with van der Waals surface area (Å²) in [4.78, 5) is 12.4. The Bertz CT molecular complexity index is 852. The fourth-order valence-corrected chi connectivity index (χ4v) is 2.33. The van der Waals surface area contributed by atoms with Gasteiger partial charge < -0.3 is 14.8 Å². The molecule has 0 aliphatic carbocycles. The van der Waals surface area contributed by atoms with E-state index >= 15 is 0 Å². The number of amides is 1. The number of nitriles is 1. The standard InChI is InChI=1S/C20H19ClN2O3/c1-13(2)26-19-14(5-4-6-18(19)25-3)11-15(12-22)20(24)23-17-9-7-16(21)8-10-17/h4-11,13H,1-3H3,(H,23,24)/b15-11+. The van der Waals surface area contributed by atoms with Crippen molar-refractivity contribution in [2.45, 2.75) is 20.0 Å². The summed E-state index contributed by atoms with van der Waals surface area (Å²) in [5, 5.41) is 12.6. The lowest BCUT2D eigenvalue weighted by Gasteiger charge is -2.16. The van der Waals surface area contributed by atoms with Crippen molar-refractivity contribution in [3.8, 4) is 17.6 Å². The minimum Gasteiger partial charge on any atom is -0.493 e. The number of carbonyl (C=O) groups excluding carboxylic acids is 1. The highest BCUT2D eigenvalue weighted by molar-refractivity contribution is 6.30. The summed E-state index contributed by atoms with van der Waals surface area (Å²) in [5.74, 6) is 0.494. The van der Waals surface area contributed by atoms with Crippen molar-refractivity contribution in [1.29, 1.82) is 5.26 Å². The molecule has 1 N–H and O–H groups in total. The number of para-hydroxylation sites is 1. The molecular weight excluding hydrogens is 352 g/mol. The molecule has 1 amide bonds. The summed E-state index contributed by atoms with van der Waals surface area (Å²) >= 11 is 5.83. The molecule has 0 atom stereocenters. The molecule has 0 saturated carbocycles. The van der Waals surface area contributed by atoms with Crippen LogP contribution in [0.5, 0.6) is 11.5 Å². The molecule has 0 bridgehead atoms. The first kappa shape index (κ1) is 19.4. The van der Waals surface area contributed by atoms with Gasteiger partial charge in [0.2, 0.25) is 0 Å². The quantitative estimate of drug-likeness (QED) is 0.592. The molecule has 0 saturated heterocycles. The summed E-state index contributed by atoms with van der Waals surface area (Å²) in [6, 6.07) is 13.8. The van der Waals surface area contributed by atoms with Crippen LogP contribution in [0.15, 0.2) is 48.0 Å². The summed E-state index contributed by atoms with van der Waals surface area (Å²) in [7, 11) is 1.54. The summed E-state index contributed by atoms with van der Waals surface area (Å²) in [6.07, 6.45) is 1.39. The molecular formula is C20H19ClN2O3. The number of anilines is 1. The van der Waals surface area contributed by atoms with Crippen LogP contribution < -0.4 is 14.8 Å². The van der Waals surface area contributed by atoms with Crippen molar-refractivity contribution in [3.05, 3.63) is 58.6 Å². The highest BCUT2D eigenvalue weighted by atomic mass is 35.5. The lowest BCUT2D eigenvalue weighted by Crippen LogP contribution is -2.13. The maximum Gasteiger partial charge on any atom is 0.266 e. The van der Waals surface area contributed by atoms with Gasteiger partial charge in [-0.15, -0.1) is 0 Å². The normalized spacial score (nSPS) is 11.0. The minimum atomic E-state index is -0.520. The second-order valence-electron chi connectivity index (χ2n) is 5.68. The monoisotopic (exact) mass is 370 g/mol. The van der Waals surface area contributed by atoms with Gasteiger partial charge in [-0.2, -0.15) is 5.26 Å². The molecule has 2 aromatic rings. The zero-order valence-corrected chi connectivity index (χ0v) is 15.5. The van der Waals surface area contributed by atoms with Crippen molar-refractivity contribution in [1.82, 2.24) is 0 Å². The van der Waals surface area contributed by atoms with Gasteiger partial charge in [0.15, 0.2) is 11.5 Å². The third-order valence-corrected chi connectivity index (χ3v) is 3.60. The summed E-state index contributed by atoms with van der Waals surface area (Å²) in [5.41, 5.74) is 1.08. The van der Waals surface area contributed by atoms with E-state index in [2.05, 4.69) is 5.32 Å². The van der Waals surface area contributed by atoms with E-state index in [0.717, 1.165) is 0 Å². The van der Waals surface area contributed by atoms with E-state index in [0.29, 0.717) is 27.8 Å². The SMILES string of the molecule is COc1cccc(/C=C(\C#N)C(=O)Nc2ccc(Cl)cc2)c1OC(C)C. The van der Waals surface area contributed by atoms with E-state index in [9.17, 15) is 10.1 Å². The number of nitrogens with one attached hydrogen (secondary N) is 1. The number of rotatable bonds is 6. The van der Waals surface area contributed by atoms with Crippen LogP contribution >= 0.6 is 11.6 Å². The first-order valence-corrected chi connectivity index (χ1v) is 8.34. The number of hydrogen-bond donors (Lipinski definition) is 1. The van der Waals surface area contributed by atoms with E-state index in [-0.39, 0.29) is 11.7 Å². The minimum absolute atomic E-state index is 0.0539. The second kappa shape index (κ2) is 8.93. The molecule has 26 heavy (non-hydrogen) atoms. The van der Waals surface area contributed by atoms with Crippen LogP contribution in [0.3, 0.4) is 0 Å². The summed E-state index contributed by atoms with van der Waals surface area (Å²) in [6.45, 7) is 3.77. The zero-order valence-electron chi connectivity index (χ0n) is 14.7. The van der Waals surface area contributed by atoms with Gasteiger partial charge in [-0.25, -0.2) is 0 Å². The molecule has 2 aromatic carbocycles. The fraction of sp³-hybridized carbons (Fsp3) is 0.200. The molecule has 2 rings (SSSR count). The van der Waals surface area contributed by atoms with Crippen LogP contribution in [0.2, 0.25) is 5.02 Å². The predicted molar refractivity (Wildman–Crippen MR) is 102 cm³/mol. The topological polar surface area (TPSA) is 71.3 Å². The molecule has 0 aliphatic heterocycles. The largest absolute Gasteiger partial charge is 0.493 e. The second-order valence-corrected chi connectivity index (χ2v) is 6.11. The number of hydrogen-bond acceptors (Lipinski definition) is 4. The van der Waals surface area contributed by atoms with Gasteiger partial charge in [-0.3, -0.25) is 4.79 Å². The first-order chi connectivity index (χ1) is 12.4. The van der Waals surface area contributed by atoms with E-state index in [1.54, 1.807) is 42.5 Å². The third-order valence-electron chi connectivity index (χ3n) is 3.35. The van der Waals surface area contributed by atoms with E-state index < -0.39 is 5.91 Å². The fourth-order valence-electron chi connectivity index (χ4n) is 2.20. The maximum atomic E-state index is 12.4. The van der Waals surface area contributed by atoms with Gasteiger partial charge in [-0.05, 0) is 50.3 Å². The van der Waals surface area contributed by atoms with Crippen molar-refractivity contribution in [3.63, 3.8) is 0 Å². The smallest absolute Gasteiger partial charge is 0.266 e. The average Bonchev–Trinajstić information content (AvgIpc) is 2.62. The first-order valence-electron chi connectivity index (χ1n) is 7.97. The molecule has 5 nitrogen and oxygen atoms in total. The van der Waals surface area contributed by atoms with E-state index in [4.69, 9.17) is 21.1 Å². The summed E-state index contributed by atoms with van der Waals surface area (Å²) < 4.78 is 11.1. The Kier molecular flexibility index (Phi) is 6.65. The van der Waals surface area contributed by atoms with Crippen LogP contribution in [-0.4, -0.2) is 19.1 Å². The zero-order chi connectivity index (χ0) is 19.1. The average molecular weight is 371 g/mol. The molecule has 0 spiro atoms. The molecule has 0 radical (unpaired) electrons. The molecule has 6 heteroatoms. The van der Waals surface area contributed by atoms with Crippen molar-refractivity contribution < 1.29 is 14.3 Å². The van der Waals surface area contributed by atoms with Gasteiger partial charge in [0.1, 0.15) is 11.6 Å². The Morgan fingerprint density at radius 1 is 1.23 bits per heavy atom. The number of nitrogens with zero attached hydrogens (tertiary/aromatic N) is 1. The number of carbonyl (C=O) groups is 1. The van der Waals surface area contributed by atoms with Crippen molar-refractivity contribution in [2.24, 2.45) is 0 Å². The Morgan fingerprint density at radius 3 is 2.50 bits per heavy atom. The molecule has 0 unspecified atom stereocenters. The van der Waals surface area contributed by atoms with Crippen LogP contribution in [0, 0.1) is 11.3 Å². The Hall–Kier alpha value is -2.97. The number of ether oxygens (including phenoxy) is 2. The van der Waals surface area contributed by atoms with Crippen LogP contribution in [-0.2, 0) is 4.79 Å². The predicted octanol–water partition coefficient (Wildman–Crippen LogP) is 4.68. The van der Waals surface area contributed by atoms with E-state index in [1.807, 2.05) is 19.9 Å². The lowest BCUT2D eigenvalue weighted by atomic mass is 10.1. The van der Waals surface area contributed by atoms with Gasteiger partial charge in [-0.1, -0.05) is 23.7 Å². The molecule has 134 valence electrons. The highest BCUT2D eigenvalue weighted by Gasteiger charge is 2.15. The van der Waals surface area contributed by atoms with Crippen LogP contribution in [0.25, 0.3) is 6.08 Å². The van der Waals surface area contributed by atoms with Crippen LogP contribution in [0.1, 0.15) is 19.4 Å². The van der Waals surface area contributed by atoms with Gasteiger partial charge in [0, 0.05) is 16.3 Å². The van der Waals surface area contributed by atoms with E-state index in [1.165, 1.54) is 13.2 Å². The Balaban J connectivity index is 2.34. The maximum absolute atomic E-state index is 12.4. The molecule has 0 aromatic heterocycles. The molecule has 0 fully saturated rings. The number of halogens is 1. The lowest BCUT2D eigenvalue weighted by molar-refractivity contribution is -0.112. The Labute approximate surface area is 157 Å². The molecule has 0 aliphatic rings. The van der Waals surface area contributed by atoms with Gasteiger partial charge in [0.05, 0.1) is 13.2 Å². The highest BCUT2D eigenvalue weighted by Crippen LogP contribution is 2.33. The van der Waals surface area contributed by atoms with Crippen molar-refractivity contribution in [2.75, 3.05) is 12.4 Å².